The van der Waals surface area contributed by atoms with Crippen LogP contribution < -0.4 is 0 Å². The van der Waals surface area contributed by atoms with Gasteiger partial charge < -0.3 is 14.7 Å². The van der Waals surface area contributed by atoms with E-state index in [1.807, 2.05) is 18.2 Å². The summed E-state index contributed by atoms with van der Waals surface area (Å²) in [4.78, 5) is 19.1. The lowest BCUT2D eigenvalue weighted by molar-refractivity contribution is 0.0581. The number of amides is 1. The van der Waals surface area contributed by atoms with Crippen LogP contribution in [0.3, 0.4) is 0 Å². The first-order valence-corrected chi connectivity index (χ1v) is 9.69. The van der Waals surface area contributed by atoms with Crippen molar-refractivity contribution < 1.29 is 14.6 Å². The topological polar surface area (TPSA) is 91.3 Å². The molecule has 27 heavy (non-hydrogen) atoms. The van der Waals surface area contributed by atoms with Crippen molar-refractivity contribution in [3.05, 3.63) is 35.7 Å². The van der Waals surface area contributed by atoms with Crippen molar-refractivity contribution in [2.24, 2.45) is 0 Å². The summed E-state index contributed by atoms with van der Waals surface area (Å²) in [6.07, 6.45) is 5.46. The number of ether oxygens (including phenoxy) is 1. The Bertz CT molecular complexity index is 800. The summed E-state index contributed by atoms with van der Waals surface area (Å²) in [5.41, 5.74) is 1.37. The lowest BCUT2D eigenvalue weighted by Gasteiger charge is -2.25. The second-order valence-corrected chi connectivity index (χ2v) is 7.55. The number of benzene rings is 1. The van der Waals surface area contributed by atoms with Crippen LogP contribution in [-0.2, 0) is 4.74 Å². The van der Waals surface area contributed by atoms with Gasteiger partial charge in [0.05, 0.1) is 25.4 Å². The molecule has 2 heterocycles. The first-order chi connectivity index (χ1) is 13.1. The number of aliphatic hydroxyl groups excluding tert-OH is 1. The molecule has 0 radical (unpaired) electrons. The highest BCUT2D eigenvalue weighted by Gasteiger charge is 2.32. The molecule has 2 N–H and O–H groups in total. The monoisotopic (exact) mass is 370 g/mol. The summed E-state index contributed by atoms with van der Waals surface area (Å²) in [5.74, 6) is 1.89. The Kier molecular flexibility index (Phi) is 5.22. The Morgan fingerprint density at radius 2 is 2.07 bits per heavy atom. The number of nitrogens with zero attached hydrogens (tertiary/aromatic N) is 3. The van der Waals surface area contributed by atoms with Crippen molar-refractivity contribution in [3.63, 3.8) is 0 Å². The maximum atomic E-state index is 12.8. The molecule has 0 bridgehead atoms. The van der Waals surface area contributed by atoms with E-state index in [4.69, 9.17) is 4.74 Å². The van der Waals surface area contributed by atoms with Crippen LogP contribution in [0.4, 0.5) is 0 Å². The minimum absolute atomic E-state index is 0.144. The van der Waals surface area contributed by atoms with E-state index in [2.05, 4.69) is 15.2 Å². The predicted octanol–water partition coefficient (Wildman–Crippen LogP) is 2.35. The molecule has 2 aromatic rings. The van der Waals surface area contributed by atoms with Gasteiger partial charge >= 0.3 is 0 Å². The van der Waals surface area contributed by atoms with Gasteiger partial charge in [-0.3, -0.25) is 9.89 Å². The van der Waals surface area contributed by atoms with Crippen LogP contribution in [-0.4, -0.2) is 63.5 Å². The summed E-state index contributed by atoms with van der Waals surface area (Å²) in [6, 6.07) is 7.03. The van der Waals surface area contributed by atoms with Gasteiger partial charge in [-0.2, -0.15) is 5.10 Å². The van der Waals surface area contributed by atoms with Crippen LogP contribution in [0.1, 0.15) is 54.2 Å². The molecule has 0 unspecified atom stereocenters. The molecule has 0 spiro atoms. The molecule has 1 saturated heterocycles. The number of carbonyl (C=O) groups excluding carboxylic acids is 1. The van der Waals surface area contributed by atoms with Crippen LogP contribution in [0.25, 0.3) is 11.4 Å². The fraction of sp³-hybridized carbons (Fsp3) is 0.550. The maximum absolute atomic E-state index is 12.8. The fourth-order valence-electron chi connectivity index (χ4n) is 4.01. The lowest BCUT2D eigenvalue weighted by atomic mass is 9.89. The predicted molar refractivity (Wildman–Crippen MR) is 100 cm³/mol. The van der Waals surface area contributed by atoms with E-state index in [9.17, 15) is 9.90 Å². The summed E-state index contributed by atoms with van der Waals surface area (Å²) >= 11 is 0. The normalized spacial score (nSPS) is 23.5. The van der Waals surface area contributed by atoms with E-state index >= 15 is 0 Å². The van der Waals surface area contributed by atoms with Crippen molar-refractivity contribution in [3.8, 4) is 11.4 Å². The van der Waals surface area contributed by atoms with Gasteiger partial charge in [-0.15, -0.1) is 0 Å². The smallest absolute Gasteiger partial charge is 0.254 e. The Hall–Kier alpha value is -2.25. The SMILES string of the molecule is CN(C(=O)c1cccc(-c2n[nH]c(C3CCCCC3)n2)c1)[C@@H]1COC[C@H]1O. The molecule has 2 atom stereocenters. The second-order valence-electron chi connectivity index (χ2n) is 7.55. The van der Waals surface area contributed by atoms with Crippen molar-refractivity contribution in [1.82, 2.24) is 20.1 Å². The van der Waals surface area contributed by atoms with Crippen LogP contribution in [0.5, 0.6) is 0 Å². The molecule has 1 amide bonds. The average Bonchev–Trinajstić information content (AvgIpc) is 3.37. The molecule has 1 aliphatic heterocycles. The molecular formula is C20H26N4O3. The Balaban J connectivity index is 1.52. The van der Waals surface area contributed by atoms with Crippen molar-refractivity contribution in [2.45, 2.75) is 50.2 Å². The van der Waals surface area contributed by atoms with Crippen molar-refractivity contribution in [1.29, 1.82) is 0 Å². The van der Waals surface area contributed by atoms with E-state index in [0.717, 1.165) is 24.2 Å². The van der Waals surface area contributed by atoms with Crippen molar-refractivity contribution >= 4 is 5.91 Å². The third-order valence-corrected chi connectivity index (χ3v) is 5.70. The van der Waals surface area contributed by atoms with E-state index in [1.165, 1.54) is 19.3 Å². The van der Waals surface area contributed by atoms with Gasteiger partial charge in [-0.05, 0) is 25.0 Å². The molecule has 4 rings (SSSR count). The number of hydrogen-bond donors (Lipinski definition) is 2. The van der Waals surface area contributed by atoms with Gasteiger partial charge in [-0.25, -0.2) is 4.98 Å². The summed E-state index contributed by atoms with van der Waals surface area (Å²) in [7, 11) is 1.70. The number of rotatable bonds is 4. The fourth-order valence-corrected chi connectivity index (χ4v) is 4.01. The molecule has 1 aromatic carbocycles. The first-order valence-electron chi connectivity index (χ1n) is 9.69. The summed E-state index contributed by atoms with van der Waals surface area (Å²) < 4.78 is 5.26. The maximum Gasteiger partial charge on any atom is 0.254 e. The second kappa shape index (κ2) is 7.78. The zero-order valence-corrected chi connectivity index (χ0v) is 15.6. The molecule has 1 aromatic heterocycles. The minimum atomic E-state index is -0.645. The number of aromatic nitrogens is 3. The average molecular weight is 370 g/mol. The highest BCUT2D eigenvalue weighted by atomic mass is 16.5. The molecule has 7 heteroatoms. The third-order valence-electron chi connectivity index (χ3n) is 5.70. The van der Waals surface area contributed by atoms with E-state index in [1.54, 1.807) is 18.0 Å². The molecule has 2 fully saturated rings. The van der Waals surface area contributed by atoms with Crippen LogP contribution in [0, 0.1) is 0 Å². The zero-order valence-electron chi connectivity index (χ0n) is 15.6. The number of likely N-dealkylation sites (N-methyl/N-ethyl adjacent to an activating group) is 1. The highest BCUT2D eigenvalue weighted by Crippen LogP contribution is 2.31. The Morgan fingerprint density at radius 3 is 2.81 bits per heavy atom. The number of hydrogen-bond acceptors (Lipinski definition) is 5. The molecule has 1 aliphatic carbocycles. The number of nitrogens with one attached hydrogen (secondary N) is 1. The molecule has 144 valence electrons. The number of carbonyl (C=O) groups is 1. The zero-order chi connectivity index (χ0) is 18.8. The van der Waals surface area contributed by atoms with Crippen LogP contribution >= 0.6 is 0 Å². The molecule has 1 saturated carbocycles. The number of aromatic amines is 1. The van der Waals surface area contributed by atoms with Crippen LogP contribution in [0.15, 0.2) is 24.3 Å². The van der Waals surface area contributed by atoms with Gasteiger partial charge in [-0.1, -0.05) is 31.4 Å². The van der Waals surface area contributed by atoms with E-state index < -0.39 is 6.10 Å². The number of H-pyrrole nitrogens is 1. The Morgan fingerprint density at radius 1 is 1.26 bits per heavy atom. The number of aliphatic hydroxyl groups is 1. The largest absolute Gasteiger partial charge is 0.388 e. The minimum Gasteiger partial charge on any atom is -0.388 e. The van der Waals surface area contributed by atoms with Gasteiger partial charge in [0.25, 0.3) is 5.91 Å². The molecular weight excluding hydrogens is 344 g/mol. The third kappa shape index (κ3) is 3.75. The van der Waals surface area contributed by atoms with E-state index in [-0.39, 0.29) is 18.6 Å². The summed E-state index contributed by atoms with van der Waals surface area (Å²) in [6.45, 7) is 0.623. The van der Waals surface area contributed by atoms with Gasteiger partial charge in [0.2, 0.25) is 0 Å². The quantitative estimate of drug-likeness (QED) is 0.862. The van der Waals surface area contributed by atoms with Gasteiger partial charge in [0, 0.05) is 24.1 Å². The van der Waals surface area contributed by atoms with Crippen LogP contribution in [0.2, 0.25) is 0 Å². The lowest BCUT2D eigenvalue weighted by Crippen LogP contribution is -2.44. The highest BCUT2D eigenvalue weighted by molar-refractivity contribution is 5.95. The van der Waals surface area contributed by atoms with Crippen molar-refractivity contribution in [2.75, 3.05) is 20.3 Å². The van der Waals surface area contributed by atoms with Gasteiger partial charge in [0.1, 0.15) is 5.82 Å². The van der Waals surface area contributed by atoms with Gasteiger partial charge in [0.15, 0.2) is 5.82 Å². The Labute approximate surface area is 158 Å². The standard InChI is InChI=1S/C20H26N4O3/c1-24(16-11-27-12-17(16)25)20(26)15-9-5-8-14(10-15)19-21-18(22-23-19)13-6-3-2-4-7-13/h5,8-10,13,16-17,25H,2-4,6-7,11-12H2,1H3,(H,21,22,23)/t16-,17-/m1/s1. The van der Waals surface area contributed by atoms with E-state index in [0.29, 0.717) is 23.9 Å². The molecule has 7 nitrogen and oxygen atoms in total. The summed E-state index contributed by atoms with van der Waals surface area (Å²) in [5, 5.41) is 17.4. The first kappa shape index (κ1) is 18.1. The molecule has 2 aliphatic rings.